The summed E-state index contributed by atoms with van der Waals surface area (Å²) < 4.78 is 5.48. The van der Waals surface area contributed by atoms with Crippen LogP contribution < -0.4 is 4.74 Å². The fourth-order valence-corrected chi connectivity index (χ4v) is 1.24. The number of nitrogens with zero attached hydrogens (tertiary/aromatic N) is 1. The summed E-state index contributed by atoms with van der Waals surface area (Å²) in [4.78, 5) is 14.4. The lowest BCUT2D eigenvalue weighted by molar-refractivity contribution is 0.0696. The summed E-state index contributed by atoms with van der Waals surface area (Å²) in [5.41, 5.74) is 0.186. The SMILES string of the molecule is O=C(O)c1ccc(OC2CCC2)nc1. The highest BCUT2D eigenvalue weighted by molar-refractivity contribution is 5.87. The first-order valence-corrected chi connectivity index (χ1v) is 4.62. The minimum absolute atomic E-state index is 0.186. The molecule has 0 radical (unpaired) electrons. The smallest absolute Gasteiger partial charge is 0.337 e. The van der Waals surface area contributed by atoms with Gasteiger partial charge in [0.2, 0.25) is 5.88 Å². The summed E-state index contributed by atoms with van der Waals surface area (Å²) in [6, 6.07) is 3.10. The third-order valence-corrected chi connectivity index (χ3v) is 2.32. The number of hydrogen-bond acceptors (Lipinski definition) is 3. The third-order valence-electron chi connectivity index (χ3n) is 2.32. The second-order valence-corrected chi connectivity index (χ2v) is 3.36. The molecule has 2 rings (SSSR count). The molecule has 14 heavy (non-hydrogen) atoms. The number of aromatic carboxylic acids is 1. The molecular formula is C10H11NO3. The molecule has 1 saturated carbocycles. The zero-order valence-corrected chi connectivity index (χ0v) is 7.64. The van der Waals surface area contributed by atoms with Gasteiger partial charge in [0.15, 0.2) is 0 Å². The van der Waals surface area contributed by atoms with Gasteiger partial charge in [-0.1, -0.05) is 0 Å². The highest BCUT2D eigenvalue weighted by Crippen LogP contribution is 2.23. The molecule has 1 aliphatic rings. The molecule has 1 aromatic heterocycles. The van der Waals surface area contributed by atoms with E-state index in [4.69, 9.17) is 9.84 Å². The quantitative estimate of drug-likeness (QED) is 0.793. The molecular weight excluding hydrogens is 182 g/mol. The molecule has 0 amide bonds. The maximum absolute atomic E-state index is 10.5. The monoisotopic (exact) mass is 193 g/mol. The van der Waals surface area contributed by atoms with Gasteiger partial charge in [0.25, 0.3) is 0 Å². The fourth-order valence-electron chi connectivity index (χ4n) is 1.24. The number of pyridine rings is 1. The number of aromatic nitrogens is 1. The fraction of sp³-hybridized carbons (Fsp3) is 0.400. The van der Waals surface area contributed by atoms with E-state index in [2.05, 4.69) is 4.98 Å². The van der Waals surface area contributed by atoms with Gasteiger partial charge in [-0.25, -0.2) is 9.78 Å². The molecule has 74 valence electrons. The standard InChI is InChI=1S/C10H11NO3/c12-10(13)7-4-5-9(11-6-7)14-8-2-1-3-8/h4-6,8H,1-3H2,(H,12,13). The number of hydrogen-bond donors (Lipinski definition) is 1. The topological polar surface area (TPSA) is 59.4 Å². The second-order valence-electron chi connectivity index (χ2n) is 3.36. The van der Waals surface area contributed by atoms with Crippen LogP contribution in [0.5, 0.6) is 5.88 Å². The Hall–Kier alpha value is -1.58. The van der Waals surface area contributed by atoms with Crippen molar-refractivity contribution in [3.63, 3.8) is 0 Å². The van der Waals surface area contributed by atoms with Gasteiger partial charge < -0.3 is 9.84 Å². The Morgan fingerprint density at radius 2 is 2.29 bits per heavy atom. The van der Waals surface area contributed by atoms with Crippen molar-refractivity contribution >= 4 is 5.97 Å². The average Bonchev–Trinajstić information content (AvgIpc) is 2.12. The molecule has 4 nitrogen and oxygen atoms in total. The zero-order valence-electron chi connectivity index (χ0n) is 7.64. The van der Waals surface area contributed by atoms with Crippen LogP contribution in [0.2, 0.25) is 0 Å². The number of carboxylic acid groups (broad SMARTS) is 1. The van der Waals surface area contributed by atoms with Crippen LogP contribution in [0.4, 0.5) is 0 Å². The van der Waals surface area contributed by atoms with Crippen molar-refractivity contribution in [2.45, 2.75) is 25.4 Å². The summed E-state index contributed by atoms with van der Waals surface area (Å²) in [5.74, 6) is -0.451. The van der Waals surface area contributed by atoms with Gasteiger partial charge >= 0.3 is 5.97 Å². The Bertz CT molecular complexity index is 330. The largest absolute Gasteiger partial charge is 0.478 e. The Morgan fingerprint density at radius 1 is 1.50 bits per heavy atom. The molecule has 0 spiro atoms. The van der Waals surface area contributed by atoms with Crippen molar-refractivity contribution in [2.24, 2.45) is 0 Å². The van der Waals surface area contributed by atoms with Crippen molar-refractivity contribution in [2.75, 3.05) is 0 Å². The molecule has 0 aromatic carbocycles. The van der Waals surface area contributed by atoms with Crippen LogP contribution in [-0.4, -0.2) is 22.2 Å². The number of rotatable bonds is 3. The van der Waals surface area contributed by atoms with Crippen LogP contribution in [0.3, 0.4) is 0 Å². The molecule has 0 bridgehead atoms. The van der Waals surface area contributed by atoms with Crippen LogP contribution in [0.1, 0.15) is 29.6 Å². The van der Waals surface area contributed by atoms with E-state index in [1.165, 1.54) is 18.7 Å². The minimum atomic E-state index is -0.965. The van der Waals surface area contributed by atoms with Gasteiger partial charge in [0.1, 0.15) is 6.10 Å². The Labute approximate surface area is 81.5 Å². The Kier molecular flexibility index (Phi) is 2.35. The summed E-state index contributed by atoms with van der Waals surface area (Å²) in [6.45, 7) is 0. The molecule has 1 aromatic rings. The molecule has 1 N–H and O–H groups in total. The zero-order chi connectivity index (χ0) is 9.97. The van der Waals surface area contributed by atoms with Crippen molar-refractivity contribution in [1.82, 2.24) is 4.98 Å². The van der Waals surface area contributed by atoms with E-state index in [-0.39, 0.29) is 11.7 Å². The molecule has 0 aliphatic heterocycles. The van der Waals surface area contributed by atoms with Gasteiger partial charge in [0.05, 0.1) is 5.56 Å². The van der Waals surface area contributed by atoms with Crippen LogP contribution in [0.15, 0.2) is 18.3 Å². The molecule has 0 atom stereocenters. The second kappa shape index (κ2) is 3.65. The van der Waals surface area contributed by atoms with Crippen LogP contribution in [0, 0.1) is 0 Å². The predicted molar refractivity (Wildman–Crippen MR) is 49.5 cm³/mol. The minimum Gasteiger partial charge on any atom is -0.478 e. The Balaban J connectivity index is 2.01. The van der Waals surface area contributed by atoms with Crippen LogP contribution in [-0.2, 0) is 0 Å². The van der Waals surface area contributed by atoms with Gasteiger partial charge in [-0.2, -0.15) is 0 Å². The van der Waals surface area contributed by atoms with E-state index in [0.29, 0.717) is 5.88 Å². The molecule has 4 heteroatoms. The maximum atomic E-state index is 10.5. The lowest BCUT2D eigenvalue weighted by atomic mass is 9.96. The van der Waals surface area contributed by atoms with Crippen molar-refractivity contribution in [3.8, 4) is 5.88 Å². The first-order valence-electron chi connectivity index (χ1n) is 4.62. The normalized spacial score (nSPS) is 16.0. The van der Waals surface area contributed by atoms with Crippen LogP contribution in [0.25, 0.3) is 0 Å². The van der Waals surface area contributed by atoms with Crippen molar-refractivity contribution in [1.29, 1.82) is 0 Å². The van der Waals surface area contributed by atoms with Crippen LogP contribution >= 0.6 is 0 Å². The molecule has 1 fully saturated rings. The van der Waals surface area contributed by atoms with E-state index in [1.54, 1.807) is 6.07 Å². The van der Waals surface area contributed by atoms with E-state index < -0.39 is 5.97 Å². The van der Waals surface area contributed by atoms with Gasteiger partial charge in [-0.05, 0) is 25.3 Å². The summed E-state index contributed by atoms with van der Waals surface area (Å²) in [7, 11) is 0. The van der Waals surface area contributed by atoms with Gasteiger partial charge in [0, 0.05) is 12.3 Å². The molecule has 1 heterocycles. The predicted octanol–water partition coefficient (Wildman–Crippen LogP) is 1.71. The highest BCUT2D eigenvalue weighted by Gasteiger charge is 2.19. The summed E-state index contributed by atoms with van der Waals surface area (Å²) in [5, 5.41) is 8.63. The first kappa shape index (κ1) is 8.99. The van der Waals surface area contributed by atoms with Gasteiger partial charge in [-0.3, -0.25) is 0 Å². The summed E-state index contributed by atoms with van der Waals surface area (Å²) >= 11 is 0. The molecule has 0 unspecified atom stereocenters. The first-order chi connectivity index (χ1) is 6.75. The molecule has 1 aliphatic carbocycles. The van der Waals surface area contributed by atoms with E-state index >= 15 is 0 Å². The maximum Gasteiger partial charge on any atom is 0.337 e. The number of ether oxygens (including phenoxy) is 1. The van der Waals surface area contributed by atoms with Crippen molar-refractivity contribution in [3.05, 3.63) is 23.9 Å². The number of carbonyl (C=O) groups is 1. The van der Waals surface area contributed by atoms with E-state index in [1.807, 2.05) is 0 Å². The lowest BCUT2D eigenvalue weighted by Gasteiger charge is -2.25. The van der Waals surface area contributed by atoms with E-state index in [0.717, 1.165) is 12.8 Å². The summed E-state index contributed by atoms with van der Waals surface area (Å²) in [6.07, 6.45) is 4.94. The third kappa shape index (κ3) is 1.84. The molecule has 0 saturated heterocycles. The van der Waals surface area contributed by atoms with Gasteiger partial charge in [-0.15, -0.1) is 0 Å². The van der Waals surface area contributed by atoms with Crippen molar-refractivity contribution < 1.29 is 14.6 Å². The number of carboxylic acids is 1. The Morgan fingerprint density at radius 3 is 2.71 bits per heavy atom. The highest BCUT2D eigenvalue weighted by atomic mass is 16.5. The van der Waals surface area contributed by atoms with E-state index in [9.17, 15) is 4.79 Å². The lowest BCUT2D eigenvalue weighted by Crippen LogP contribution is -2.24. The average molecular weight is 193 g/mol.